The summed E-state index contributed by atoms with van der Waals surface area (Å²) < 4.78 is 5.92. The van der Waals surface area contributed by atoms with Crippen LogP contribution in [0.15, 0.2) is 24.4 Å². The Bertz CT molecular complexity index is 1030. The van der Waals surface area contributed by atoms with Crippen molar-refractivity contribution in [1.82, 2.24) is 31.4 Å². The molecular formula is C22H29N7O4. The third-order valence-electron chi connectivity index (χ3n) is 6.32. The summed E-state index contributed by atoms with van der Waals surface area (Å²) in [5.41, 5.74) is 2.02. The molecule has 11 nitrogen and oxygen atoms in total. The number of H-pyrrole nitrogens is 1. The average molecular weight is 456 g/mol. The van der Waals surface area contributed by atoms with Crippen molar-refractivity contribution >= 4 is 23.4 Å². The van der Waals surface area contributed by atoms with E-state index in [1.54, 1.807) is 13.1 Å². The number of hydrogen-bond acceptors (Lipinski definition) is 7. The van der Waals surface area contributed by atoms with Crippen molar-refractivity contribution in [2.75, 3.05) is 18.6 Å². The van der Waals surface area contributed by atoms with E-state index in [1.165, 1.54) is 11.1 Å². The monoisotopic (exact) mass is 455 g/mol. The van der Waals surface area contributed by atoms with Gasteiger partial charge >= 0.3 is 0 Å². The first kappa shape index (κ1) is 22.7. The Morgan fingerprint density at radius 3 is 2.88 bits per heavy atom. The molecule has 0 fully saturated rings. The number of ether oxygens (including phenoxy) is 1. The van der Waals surface area contributed by atoms with Crippen molar-refractivity contribution in [3.05, 3.63) is 35.7 Å². The van der Waals surface area contributed by atoms with Crippen LogP contribution in [0, 0.1) is 5.92 Å². The third-order valence-corrected chi connectivity index (χ3v) is 6.32. The number of carbonyl (C=O) groups excluding carboxylic acids is 3. The molecule has 1 aromatic heterocycles. The highest BCUT2D eigenvalue weighted by Crippen LogP contribution is 2.42. The van der Waals surface area contributed by atoms with Crippen LogP contribution in [0.25, 0.3) is 0 Å². The van der Waals surface area contributed by atoms with E-state index in [-0.39, 0.29) is 36.8 Å². The lowest BCUT2D eigenvalue weighted by Gasteiger charge is -2.28. The number of benzene rings is 1. The molecule has 0 bridgehead atoms. The van der Waals surface area contributed by atoms with Gasteiger partial charge in [-0.15, -0.1) is 0 Å². The number of carbonyl (C=O) groups is 3. The summed E-state index contributed by atoms with van der Waals surface area (Å²) in [5, 5.41) is 18.9. The molecule has 0 saturated heterocycles. The van der Waals surface area contributed by atoms with Gasteiger partial charge in [0.05, 0.1) is 24.5 Å². The zero-order valence-electron chi connectivity index (χ0n) is 18.9. The second-order valence-corrected chi connectivity index (χ2v) is 8.40. The minimum absolute atomic E-state index is 0.0122. The van der Waals surface area contributed by atoms with Crippen molar-refractivity contribution in [2.24, 2.45) is 5.92 Å². The Hall–Kier alpha value is -3.47. The quantitative estimate of drug-likeness (QED) is 0.435. The van der Waals surface area contributed by atoms with E-state index in [1.807, 2.05) is 26.0 Å². The largest absolute Gasteiger partial charge is 0.489 e. The lowest BCUT2D eigenvalue weighted by atomic mass is 9.98. The van der Waals surface area contributed by atoms with Crippen molar-refractivity contribution in [2.45, 2.75) is 51.4 Å². The number of amides is 3. The Kier molecular flexibility index (Phi) is 6.59. The van der Waals surface area contributed by atoms with Crippen LogP contribution in [-0.2, 0) is 27.3 Å². The molecule has 4 atom stereocenters. The third kappa shape index (κ3) is 4.40. The van der Waals surface area contributed by atoms with E-state index >= 15 is 0 Å². The normalized spacial score (nSPS) is 20.9. The summed E-state index contributed by atoms with van der Waals surface area (Å²) in [6.07, 6.45) is 2.69. The molecule has 4 N–H and O–H groups in total. The summed E-state index contributed by atoms with van der Waals surface area (Å²) in [6.45, 7) is 4.16. The van der Waals surface area contributed by atoms with Gasteiger partial charge in [-0.1, -0.05) is 32.4 Å². The van der Waals surface area contributed by atoms with E-state index < -0.39 is 18.1 Å². The van der Waals surface area contributed by atoms with Crippen molar-refractivity contribution in [3.8, 4) is 5.75 Å². The zero-order valence-corrected chi connectivity index (χ0v) is 18.9. The van der Waals surface area contributed by atoms with E-state index in [9.17, 15) is 14.4 Å². The maximum Gasteiger partial charge on any atom is 0.253 e. The SMILES string of the molecule is CC[C@H](C)[C@H](NC)C(=O)N[C@H]1COc2cccc3c2N(C1=O)[C@H](C(=O)NCc1cn[nH]n1)C3. The molecule has 2 aliphatic rings. The maximum absolute atomic E-state index is 13.6. The second kappa shape index (κ2) is 9.57. The highest BCUT2D eigenvalue weighted by molar-refractivity contribution is 6.08. The van der Waals surface area contributed by atoms with Crippen LogP contribution in [0.2, 0.25) is 0 Å². The van der Waals surface area contributed by atoms with Crippen molar-refractivity contribution in [3.63, 3.8) is 0 Å². The Morgan fingerprint density at radius 2 is 2.18 bits per heavy atom. The first-order valence-electron chi connectivity index (χ1n) is 11.1. The van der Waals surface area contributed by atoms with Crippen LogP contribution in [-0.4, -0.2) is 64.9 Å². The predicted octanol–water partition coefficient (Wildman–Crippen LogP) is -0.110. The fourth-order valence-corrected chi connectivity index (χ4v) is 4.34. The average Bonchev–Trinajstić information content (AvgIpc) is 3.45. The van der Waals surface area contributed by atoms with Gasteiger partial charge in [0.2, 0.25) is 11.8 Å². The molecule has 2 aliphatic heterocycles. The molecule has 0 aliphatic carbocycles. The maximum atomic E-state index is 13.6. The fraction of sp³-hybridized carbons (Fsp3) is 0.500. The molecular weight excluding hydrogens is 426 g/mol. The lowest BCUT2D eigenvalue weighted by molar-refractivity contribution is -0.131. The highest BCUT2D eigenvalue weighted by Gasteiger charge is 2.45. The van der Waals surface area contributed by atoms with Gasteiger partial charge in [0.25, 0.3) is 5.91 Å². The molecule has 0 saturated carbocycles. The van der Waals surface area contributed by atoms with Crippen LogP contribution in [0.5, 0.6) is 5.75 Å². The minimum Gasteiger partial charge on any atom is -0.489 e. The van der Waals surface area contributed by atoms with E-state index in [2.05, 4.69) is 31.4 Å². The topological polar surface area (TPSA) is 141 Å². The summed E-state index contributed by atoms with van der Waals surface area (Å²) in [5.74, 6) is -0.342. The molecule has 3 heterocycles. The Balaban J connectivity index is 1.56. The molecule has 2 aromatic rings. The molecule has 33 heavy (non-hydrogen) atoms. The van der Waals surface area contributed by atoms with Gasteiger partial charge in [-0.25, -0.2) is 0 Å². The van der Waals surface area contributed by atoms with E-state index in [0.717, 1.165) is 12.0 Å². The number of nitrogens with zero attached hydrogens (tertiary/aromatic N) is 3. The van der Waals surface area contributed by atoms with Gasteiger partial charge in [0.15, 0.2) is 0 Å². The number of para-hydroxylation sites is 1. The van der Waals surface area contributed by atoms with Crippen molar-refractivity contribution < 1.29 is 19.1 Å². The van der Waals surface area contributed by atoms with Gasteiger partial charge in [-0.05, 0) is 24.6 Å². The molecule has 0 radical (unpaired) electrons. The summed E-state index contributed by atoms with van der Waals surface area (Å²) in [7, 11) is 1.72. The first-order valence-corrected chi connectivity index (χ1v) is 11.1. The van der Waals surface area contributed by atoms with Gasteiger partial charge in [-0.3, -0.25) is 19.3 Å². The highest BCUT2D eigenvalue weighted by atomic mass is 16.5. The fourth-order valence-electron chi connectivity index (χ4n) is 4.34. The molecule has 0 unspecified atom stereocenters. The summed E-state index contributed by atoms with van der Waals surface area (Å²) >= 11 is 0. The molecule has 1 aromatic carbocycles. The summed E-state index contributed by atoms with van der Waals surface area (Å²) in [4.78, 5) is 41.1. The standard InChI is InChI=1S/C22H29N7O4/c1-4-12(2)18(23-3)21(31)26-15-11-33-17-7-5-6-13-8-16(29(19(13)17)22(15)32)20(30)24-9-14-10-25-28-27-14/h5-7,10,12,15-16,18,23H,4,8-9,11H2,1-3H3,(H,24,30)(H,26,31)(H,25,27,28)/t12-,15-,16-,18-/m0/s1. The van der Waals surface area contributed by atoms with Crippen LogP contribution in [0.1, 0.15) is 31.5 Å². The van der Waals surface area contributed by atoms with Gasteiger partial charge < -0.3 is 20.7 Å². The number of hydrogen-bond donors (Lipinski definition) is 4. The number of likely N-dealkylation sites (N-methyl/N-ethyl adjacent to an activating group) is 1. The molecule has 3 amide bonds. The van der Waals surface area contributed by atoms with Gasteiger partial charge in [0.1, 0.15) is 30.1 Å². The first-order chi connectivity index (χ1) is 15.9. The predicted molar refractivity (Wildman–Crippen MR) is 119 cm³/mol. The Morgan fingerprint density at radius 1 is 1.36 bits per heavy atom. The van der Waals surface area contributed by atoms with Crippen LogP contribution in [0.4, 0.5) is 5.69 Å². The van der Waals surface area contributed by atoms with E-state index in [0.29, 0.717) is 23.6 Å². The van der Waals surface area contributed by atoms with Gasteiger partial charge in [0, 0.05) is 6.42 Å². The van der Waals surface area contributed by atoms with Crippen LogP contribution >= 0.6 is 0 Å². The number of anilines is 1. The van der Waals surface area contributed by atoms with Crippen molar-refractivity contribution in [1.29, 1.82) is 0 Å². The molecule has 11 heteroatoms. The molecule has 0 spiro atoms. The number of nitrogens with one attached hydrogen (secondary N) is 4. The van der Waals surface area contributed by atoms with Gasteiger partial charge in [-0.2, -0.15) is 15.4 Å². The number of aromatic amines is 1. The molecule has 4 rings (SSSR count). The van der Waals surface area contributed by atoms with Crippen LogP contribution < -0.4 is 25.6 Å². The smallest absolute Gasteiger partial charge is 0.253 e. The molecule has 176 valence electrons. The van der Waals surface area contributed by atoms with E-state index in [4.69, 9.17) is 4.74 Å². The van der Waals surface area contributed by atoms with Crippen LogP contribution in [0.3, 0.4) is 0 Å². The lowest BCUT2D eigenvalue weighted by Crippen LogP contribution is -2.58. The summed E-state index contributed by atoms with van der Waals surface area (Å²) in [6, 6.07) is 3.38. The number of rotatable bonds is 8. The number of aromatic nitrogens is 3. The zero-order chi connectivity index (χ0) is 23.5. The minimum atomic E-state index is -0.915. The Labute approximate surface area is 191 Å². The second-order valence-electron chi connectivity index (χ2n) is 8.40.